The predicted molar refractivity (Wildman–Crippen MR) is 77.1 cm³/mol. The minimum Gasteiger partial charge on any atom is -0.315 e. The second kappa shape index (κ2) is 6.82. The molecule has 0 bridgehead atoms. The Morgan fingerprint density at radius 2 is 2.33 bits per heavy atom. The predicted octanol–water partition coefficient (Wildman–Crippen LogP) is 1.90. The zero-order chi connectivity index (χ0) is 12.8. The molecule has 0 aliphatic carbocycles. The molecule has 0 fully saturated rings. The number of aromatic nitrogens is 2. The van der Waals surface area contributed by atoms with Crippen molar-refractivity contribution in [1.29, 1.82) is 0 Å². The number of hydrogen-bond donors (Lipinski definition) is 1. The van der Waals surface area contributed by atoms with Gasteiger partial charge in [0.1, 0.15) is 4.47 Å². The fourth-order valence-corrected chi connectivity index (χ4v) is 2.62. The molecule has 0 aliphatic rings. The lowest BCUT2D eigenvalue weighted by molar-refractivity contribution is 0.578. The summed E-state index contributed by atoms with van der Waals surface area (Å²) < 4.78 is 2.10. The van der Waals surface area contributed by atoms with Crippen LogP contribution in [0, 0.1) is 0 Å². The number of hydrogen-bond acceptors (Lipinski definition) is 4. The lowest BCUT2D eigenvalue weighted by atomic mass is 10.2. The number of thiophene rings is 1. The van der Waals surface area contributed by atoms with Crippen LogP contribution in [0.4, 0.5) is 0 Å². The highest BCUT2D eigenvalue weighted by Crippen LogP contribution is 2.05. The van der Waals surface area contributed by atoms with Crippen LogP contribution in [0.2, 0.25) is 0 Å². The van der Waals surface area contributed by atoms with Gasteiger partial charge in [0, 0.05) is 19.3 Å². The van der Waals surface area contributed by atoms with E-state index in [0.29, 0.717) is 11.0 Å². The SMILES string of the molecule is O=c1c(Br)cncn1CCNCCc1ccsc1. The molecule has 0 aliphatic heterocycles. The zero-order valence-electron chi connectivity index (χ0n) is 9.80. The van der Waals surface area contributed by atoms with Gasteiger partial charge in [-0.05, 0) is 51.3 Å². The minimum atomic E-state index is -0.0374. The normalized spacial score (nSPS) is 10.7. The summed E-state index contributed by atoms with van der Waals surface area (Å²) in [4.78, 5) is 15.6. The highest BCUT2D eigenvalue weighted by atomic mass is 79.9. The molecule has 0 amide bonds. The first-order valence-corrected chi connectivity index (χ1v) is 7.42. The number of nitrogens with one attached hydrogen (secondary N) is 1. The monoisotopic (exact) mass is 327 g/mol. The Morgan fingerprint density at radius 1 is 1.44 bits per heavy atom. The van der Waals surface area contributed by atoms with Crippen molar-refractivity contribution >= 4 is 27.3 Å². The Kier molecular flexibility index (Phi) is 5.10. The molecule has 2 heterocycles. The molecule has 96 valence electrons. The summed E-state index contributed by atoms with van der Waals surface area (Å²) in [6, 6.07) is 2.13. The summed E-state index contributed by atoms with van der Waals surface area (Å²) in [7, 11) is 0. The summed E-state index contributed by atoms with van der Waals surface area (Å²) in [5, 5.41) is 7.56. The topological polar surface area (TPSA) is 46.9 Å². The molecular weight excluding hydrogens is 314 g/mol. The fraction of sp³-hybridized carbons (Fsp3) is 0.333. The van der Waals surface area contributed by atoms with Gasteiger partial charge in [0.2, 0.25) is 0 Å². The van der Waals surface area contributed by atoms with Crippen molar-refractivity contribution in [2.75, 3.05) is 13.1 Å². The van der Waals surface area contributed by atoms with E-state index in [1.165, 1.54) is 11.8 Å². The van der Waals surface area contributed by atoms with E-state index < -0.39 is 0 Å². The molecule has 2 aromatic rings. The molecular formula is C12H14BrN3OS. The molecule has 1 N–H and O–H groups in total. The van der Waals surface area contributed by atoms with Gasteiger partial charge in [0.15, 0.2) is 0 Å². The Balaban J connectivity index is 1.72. The minimum absolute atomic E-state index is 0.0374. The van der Waals surface area contributed by atoms with E-state index in [4.69, 9.17) is 0 Å². The van der Waals surface area contributed by atoms with Gasteiger partial charge < -0.3 is 5.32 Å². The molecule has 2 rings (SSSR count). The van der Waals surface area contributed by atoms with Crippen LogP contribution in [-0.2, 0) is 13.0 Å². The maximum Gasteiger partial charge on any atom is 0.267 e. The Labute approximate surface area is 118 Å². The largest absolute Gasteiger partial charge is 0.315 e. The first-order valence-electron chi connectivity index (χ1n) is 5.69. The zero-order valence-corrected chi connectivity index (χ0v) is 12.2. The molecule has 0 saturated heterocycles. The van der Waals surface area contributed by atoms with Gasteiger partial charge in [0.25, 0.3) is 5.56 Å². The van der Waals surface area contributed by atoms with Crippen LogP contribution in [0.1, 0.15) is 5.56 Å². The van der Waals surface area contributed by atoms with Crippen LogP contribution < -0.4 is 10.9 Å². The molecule has 0 aromatic carbocycles. The van der Waals surface area contributed by atoms with Crippen molar-refractivity contribution in [3.05, 3.63) is 49.7 Å². The van der Waals surface area contributed by atoms with E-state index in [-0.39, 0.29) is 5.56 Å². The van der Waals surface area contributed by atoms with Crippen LogP contribution in [-0.4, -0.2) is 22.6 Å². The van der Waals surface area contributed by atoms with Gasteiger partial charge >= 0.3 is 0 Å². The van der Waals surface area contributed by atoms with E-state index in [9.17, 15) is 4.79 Å². The molecule has 2 aromatic heterocycles. The van der Waals surface area contributed by atoms with Crippen LogP contribution in [0.15, 0.2) is 38.6 Å². The summed E-state index contributed by atoms with van der Waals surface area (Å²) in [6.45, 7) is 2.32. The van der Waals surface area contributed by atoms with Gasteiger partial charge in [-0.2, -0.15) is 11.3 Å². The van der Waals surface area contributed by atoms with Crippen molar-refractivity contribution in [1.82, 2.24) is 14.9 Å². The fourth-order valence-electron chi connectivity index (χ4n) is 1.58. The Bertz CT molecular complexity index is 539. The third kappa shape index (κ3) is 3.76. The van der Waals surface area contributed by atoms with Crippen molar-refractivity contribution in [3.63, 3.8) is 0 Å². The van der Waals surface area contributed by atoms with Crippen molar-refractivity contribution in [2.45, 2.75) is 13.0 Å². The molecule has 0 unspecified atom stereocenters. The summed E-state index contributed by atoms with van der Waals surface area (Å²) in [5.74, 6) is 0. The molecule has 0 radical (unpaired) electrons. The lowest BCUT2D eigenvalue weighted by Crippen LogP contribution is -2.28. The van der Waals surface area contributed by atoms with Gasteiger partial charge in [-0.15, -0.1) is 0 Å². The second-order valence-corrected chi connectivity index (χ2v) is 5.51. The van der Waals surface area contributed by atoms with E-state index in [0.717, 1.165) is 19.5 Å². The Morgan fingerprint density at radius 3 is 3.11 bits per heavy atom. The number of rotatable bonds is 6. The highest BCUT2D eigenvalue weighted by Gasteiger charge is 2.00. The number of nitrogens with zero attached hydrogens (tertiary/aromatic N) is 2. The highest BCUT2D eigenvalue weighted by molar-refractivity contribution is 9.10. The van der Waals surface area contributed by atoms with E-state index in [1.54, 1.807) is 22.2 Å². The molecule has 0 atom stereocenters. The smallest absolute Gasteiger partial charge is 0.267 e. The van der Waals surface area contributed by atoms with Crippen molar-refractivity contribution in [2.24, 2.45) is 0 Å². The van der Waals surface area contributed by atoms with E-state index >= 15 is 0 Å². The molecule has 4 nitrogen and oxygen atoms in total. The standard InChI is InChI=1S/C12H14BrN3OS/c13-11-7-15-9-16(12(11)17)5-4-14-3-1-10-2-6-18-8-10/h2,6-9,14H,1,3-5H2. The first kappa shape index (κ1) is 13.5. The van der Waals surface area contributed by atoms with E-state index in [1.807, 2.05) is 0 Å². The second-order valence-electron chi connectivity index (χ2n) is 3.87. The molecule has 6 heteroatoms. The average Bonchev–Trinajstić information content (AvgIpc) is 2.87. The first-order chi connectivity index (χ1) is 8.77. The lowest BCUT2D eigenvalue weighted by Gasteiger charge is -2.06. The van der Waals surface area contributed by atoms with Gasteiger partial charge in [0.05, 0.1) is 6.33 Å². The third-order valence-corrected chi connectivity index (χ3v) is 3.84. The number of halogens is 1. The average molecular weight is 328 g/mol. The van der Waals surface area contributed by atoms with Gasteiger partial charge in [-0.1, -0.05) is 0 Å². The van der Waals surface area contributed by atoms with Crippen molar-refractivity contribution < 1.29 is 0 Å². The summed E-state index contributed by atoms with van der Waals surface area (Å²) in [5.41, 5.74) is 1.32. The molecule has 18 heavy (non-hydrogen) atoms. The summed E-state index contributed by atoms with van der Waals surface area (Å²) in [6.07, 6.45) is 4.10. The quantitative estimate of drug-likeness (QED) is 0.824. The van der Waals surface area contributed by atoms with Gasteiger partial charge in [-0.25, -0.2) is 4.98 Å². The molecule has 0 spiro atoms. The van der Waals surface area contributed by atoms with E-state index in [2.05, 4.69) is 43.1 Å². The van der Waals surface area contributed by atoms with Crippen LogP contribution in [0.5, 0.6) is 0 Å². The summed E-state index contributed by atoms with van der Waals surface area (Å²) >= 11 is 4.90. The maximum absolute atomic E-state index is 11.7. The van der Waals surface area contributed by atoms with Gasteiger partial charge in [-0.3, -0.25) is 9.36 Å². The third-order valence-electron chi connectivity index (χ3n) is 2.56. The van der Waals surface area contributed by atoms with Crippen molar-refractivity contribution in [3.8, 4) is 0 Å². The van der Waals surface area contributed by atoms with Crippen LogP contribution >= 0.6 is 27.3 Å². The maximum atomic E-state index is 11.7. The van der Waals surface area contributed by atoms with Crippen LogP contribution in [0.3, 0.4) is 0 Å². The Hall–Kier alpha value is -0.980. The molecule has 0 saturated carbocycles. The van der Waals surface area contributed by atoms with Crippen LogP contribution in [0.25, 0.3) is 0 Å².